The van der Waals surface area contributed by atoms with E-state index in [0.717, 1.165) is 25.3 Å². The van der Waals surface area contributed by atoms with Crippen molar-refractivity contribution in [1.29, 1.82) is 0 Å². The molecule has 1 aromatic heterocycles. The molecule has 1 aromatic carbocycles. The van der Waals surface area contributed by atoms with Crippen LogP contribution in [0.5, 0.6) is 5.75 Å². The predicted molar refractivity (Wildman–Crippen MR) is 78.8 cm³/mol. The van der Waals surface area contributed by atoms with Gasteiger partial charge in [-0.2, -0.15) is 0 Å². The number of benzene rings is 1. The quantitative estimate of drug-likeness (QED) is 0.916. The molecule has 0 aliphatic heterocycles. The van der Waals surface area contributed by atoms with Gasteiger partial charge >= 0.3 is 0 Å². The molecular weight excluding hydrogens is 236 g/mol. The average Bonchev–Trinajstić information content (AvgIpc) is 2.78. The number of methoxy groups -OCH3 is 1. The minimum Gasteiger partial charge on any atom is -0.497 e. The minimum absolute atomic E-state index is 0.755. The highest BCUT2D eigenvalue weighted by Crippen LogP contribution is 2.34. The van der Waals surface area contributed by atoms with Gasteiger partial charge in [0.25, 0.3) is 0 Å². The number of aryl methyl sites for hydroxylation is 2. The Hall–Kier alpha value is -1.48. The molecule has 0 amide bonds. The van der Waals surface area contributed by atoms with Gasteiger partial charge in [-0.25, -0.2) is 0 Å². The fraction of sp³-hybridized carbons (Fsp3) is 0.500. The molecule has 102 valence electrons. The summed E-state index contributed by atoms with van der Waals surface area (Å²) in [4.78, 5) is 0. The second-order valence-corrected chi connectivity index (χ2v) is 5.31. The lowest BCUT2D eigenvalue weighted by Gasteiger charge is -2.15. The van der Waals surface area contributed by atoms with Crippen LogP contribution in [0.2, 0.25) is 0 Å². The molecule has 0 atom stereocenters. The molecule has 0 radical (unpaired) electrons. The van der Waals surface area contributed by atoms with E-state index < -0.39 is 0 Å². The van der Waals surface area contributed by atoms with E-state index in [4.69, 9.17) is 10.5 Å². The van der Waals surface area contributed by atoms with E-state index in [-0.39, 0.29) is 0 Å². The highest BCUT2D eigenvalue weighted by Gasteiger charge is 2.19. The van der Waals surface area contributed by atoms with Crippen LogP contribution in [0.15, 0.2) is 18.2 Å². The summed E-state index contributed by atoms with van der Waals surface area (Å²) >= 11 is 0. The Morgan fingerprint density at radius 2 is 2.11 bits per heavy atom. The third-order valence-electron chi connectivity index (χ3n) is 4.17. The molecule has 0 saturated carbocycles. The van der Waals surface area contributed by atoms with Crippen molar-refractivity contribution >= 4 is 10.9 Å². The zero-order chi connectivity index (χ0) is 13.2. The summed E-state index contributed by atoms with van der Waals surface area (Å²) in [5, 5.41) is 1.38. The van der Waals surface area contributed by atoms with E-state index in [2.05, 4.69) is 22.8 Å². The summed E-state index contributed by atoms with van der Waals surface area (Å²) in [7, 11) is 1.74. The monoisotopic (exact) mass is 258 g/mol. The van der Waals surface area contributed by atoms with Crippen molar-refractivity contribution < 1.29 is 4.74 Å². The van der Waals surface area contributed by atoms with Crippen molar-refractivity contribution in [2.45, 2.75) is 38.6 Å². The molecule has 2 N–H and O–H groups in total. The molecule has 0 fully saturated rings. The normalized spacial score (nSPS) is 14.6. The Balaban J connectivity index is 2.16. The van der Waals surface area contributed by atoms with Crippen LogP contribution in [0, 0.1) is 0 Å². The fourth-order valence-corrected chi connectivity index (χ4v) is 3.25. The van der Waals surface area contributed by atoms with Crippen LogP contribution >= 0.6 is 0 Å². The van der Waals surface area contributed by atoms with Crippen molar-refractivity contribution in [3.05, 3.63) is 29.5 Å². The first-order valence-electron chi connectivity index (χ1n) is 7.23. The first-order valence-corrected chi connectivity index (χ1v) is 7.23. The van der Waals surface area contributed by atoms with Gasteiger partial charge in [0, 0.05) is 23.1 Å². The van der Waals surface area contributed by atoms with Crippen LogP contribution < -0.4 is 10.5 Å². The van der Waals surface area contributed by atoms with Crippen LogP contribution in [0.1, 0.15) is 30.5 Å². The number of hydrogen-bond acceptors (Lipinski definition) is 2. The van der Waals surface area contributed by atoms with Gasteiger partial charge < -0.3 is 15.0 Å². The molecule has 0 bridgehead atoms. The molecule has 1 heterocycles. The summed E-state index contributed by atoms with van der Waals surface area (Å²) in [6.45, 7) is 1.79. The Labute approximate surface area is 114 Å². The highest BCUT2D eigenvalue weighted by molar-refractivity contribution is 5.87. The second-order valence-electron chi connectivity index (χ2n) is 5.31. The van der Waals surface area contributed by atoms with Crippen LogP contribution in [0.3, 0.4) is 0 Å². The van der Waals surface area contributed by atoms with Crippen LogP contribution in [0.4, 0.5) is 0 Å². The van der Waals surface area contributed by atoms with Gasteiger partial charge in [0.15, 0.2) is 0 Å². The van der Waals surface area contributed by atoms with Gasteiger partial charge in [-0.05, 0) is 62.4 Å². The van der Waals surface area contributed by atoms with Crippen molar-refractivity contribution in [3.63, 3.8) is 0 Å². The smallest absolute Gasteiger partial charge is 0.119 e. The first kappa shape index (κ1) is 12.5. The van der Waals surface area contributed by atoms with Gasteiger partial charge in [-0.1, -0.05) is 0 Å². The second kappa shape index (κ2) is 5.25. The van der Waals surface area contributed by atoms with Crippen molar-refractivity contribution in [1.82, 2.24) is 4.57 Å². The maximum atomic E-state index is 5.68. The van der Waals surface area contributed by atoms with Crippen molar-refractivity contribution in [3.8, 4) is 5.75 Å². The lowest BCUT2D eigenvalue weighted by atomic mass is 9.95. The third kappa shape index (κ3) is 2.12. The highest BCUT2D eigenvalue weighted by atomic mass is 16.5. The molecule has 3 heteroatoms. The zero-order valence-electron chi connectivity index (χ0n) is 11.6. The van der Waals surface area contributed by atoms with E-state index in [9.17, 15) is 0 Å². The van der Waals surface area contributed by atoms with Gasteiger partial charge in [0.2, 0.25) is 0 Å². The summed E-state index contributed by atoms with van der Waals surface area (Å²) < 4.78 is 7.86. The van der Waals surface area contributed by atoms with Crippen molar-refractivity contribution in [2.24, 2.45) is 5.73 Å². The van der Waals surface area contributed by atoms with E-state index >= 15 is 0 Å². The Morgan fingerprint density at radius 1 is 1.26 bits per heavy atom. The maximum Gasteiger partial charge on any atom is 0.119 e. The topological polar surface area (TPSA) is 40.2 Å². The molecule has 0 saturated heterocycles. The first-order chi connectivity index (χ1) is 9.35. The number of aromatic nitrogens is 1. The average molecular weight is 258 g/mol. The van der Waals surface area contributed by atoms with E-state index in [1.165, 1.54) is 47.8 Å². The standard InChI is InChI=1S/C16H22N2O/c1-19-12-7-8-16-14(11-12)13-5-2-3-6-15(13)18(16)10-4-9-17/h7-8,11H,2-6,9-10,17H2,1H3. The molecule has 0 unspecified atom stereocenters. The Kier molecular flexibility index (Phi) is 3.47. The number of nitrogens with two attached hydrogens (primary N) is 1. The van der Waals surface area contributed by atoms with Gasteiger partial charge in [-0.3, -0.25) is 0 Å². The largest absolute Gasteiger partial charge is 0.497 e. The van der Waals surface area contributed by atoms with Crippen LogP contribution in [-0.4, -0.2) is 18.2 Å². The number of ether oxygens (including phenoxy) is 1. The predicted octanol–water partition coefficient (Wildman–Crippen LogP) is 2.88. The summed E-state index contributed by atoms with van der Waals surface area (Å²) in [5.41, 5.74) is 10.1. The van der Waals surface area contributed by atoms with E-state index in [0.29, 0.717) is 0 Å². The molecule has 0 spiro atoms. The van der Waals surface area contributed by atoms with Crippen LogP contribution in [-0.2, 0) is 19.4 Å². The summed E-state index contributed by atoms with van der Waals surface area (Å²) in [5.74, 6) is 0.955. The molecule has 3 rings (SSSR count). The SMILES string of the molecule is COc1ccc2c(c1)c1c(n2CCCN)CCCC1. The third-order valence-corrected chi connectivity index (χ3v) is 4.17. The molecule has 1 aliphatic rings. The summed E-state index contributed by atoms with van der Waals surface area (Å²) in [6.07, 6.45) is 6.07. The maximum absolute atomic E-state index is 5.68. The number of hydrogen-bond donors (Lipinski definition) is 1. The number of fused-ring (bicyclic) bond motifs is 3. The van der Waals surface area contributed by atoms with E-state index in [1.807, 2.05) is 0 Å². The van der Waals surface area contributed by atoms with E-state index in [1.54, 1.807) is 7.11 Å². The number of nitrogens with zero attached hydrogens (tertiary/aromatic N) is 1. The Morgan fingerprint density at radius 3 is 2.89 bits per heavy atom. The Bertz CT molecular complexity index is 586. The fourth-order valence-electron chi connectivity index (χ4n) is 3.25. The molecule has 3 nitrogen and oxygen atoms in total. The number of rotatable bonds is 4. The molecule has 2 aromatic rings. The summed E-state index contributed by atoms with van der Waals surface area (Å²) in [6, 6.07) is 6.45. The zero-order valence-corrected chi connectivity index (χ0v) is 11.6. The van der Waals surface area contributed by atoms with Gasteiger partial charge in [-0.15, -0.1) is 0 Å². The van der Waals surface area contributed by atoms with Gasteiger partial charge in [0.05, 0.1) is 7.11 Å². The molecular formula is C16H22N2O. The van der Waals surface area contributed by atoms with Gasteiger partial charge in [0.1, 0.15) is 5.75 Å². The lowest BCUT2D eigenvalue weighted by Crippen LogP contribution is -2.11. The van der Waals surface area contributed by atoms with Crippen molar-refractivity contribution in [2.75, 3.05) is 13.7 Å². The van der Waals surface area contributed by atoms with Crippen LogP contribution in [0.25, 0.3) is 10.9 Å². The molecule has 19 heavy (non-hydrogen) atoms. The molecule has 1 aliphatic carbocycles. The minimum atomic E-state index is 0.755. The lowest BCUT2D eigenvalue weighted by molar-refractivity contribution is 0.415.